The average molecular weight is 689 g/mol. The maximum Gasteiger partial charge on any atom is 0.332 e. The number of rotatable bonds is 11. The summed E-state index contributed by atoms with van der Waals surface area (Å²) in [6.45, 7) is 4.54. The van der Waals surface area contributed by atoms with Crippen molar-refractivity contribution in [3.63, 3.8) is 0 Å². The van der Waals surface area contributed by atoms with Gasteiger partial charge in [-0.25, -0.2) is 18.2 Å². The number of nitrogens with zero attached hydrogens (tertiary/aromatic N) is 5. The topological polar surface area (TPSA) is 161 Å². The van der Waals surface area contributed by atoms with E-state index in [2.05, 4.69) is 21.6 Å². The Balaban J connectivity index is 1.31. The third kappa shape index (κ3) is 7.12. The third-order valence-corrected chi connectivity index (χ3v) is 9.72. The van der Waals surface area contributed by atoms with Gasteiger partial charge in [0.25, 0.3) is 0 Å². The van der Waals surface area contributed by atoms with Gasteiger partial charge in [-0.2, -0.15) is 5.01 Å². The number of hydrogen-bond donors (Lipinski definition) is 3. The van der Waals surface area contributed by atoms with Gasteiger partial charge in [0.2, 0.25) is 21.8 Å². The Morgan fingerprint density at radius 2 is 1.83 bits per heavy atom. The third-order valence-electron chi connectivity index (χ3n) is 8.27. The van der Waals surface area contributed by atoms with E-state index in [1.165, 1.54) is 16.3 Å². The number of benzene rings is 3. The van der Waals surface area contributed by atoms with Crippen molar-refractivity contribution in [1.82, 2.24) is 30.1 Å². The Hall–Kier alpha value is -4.99. The molecule has 15 heteroatoms. The number of nitrogen functional groups attached to an aromatic ring is 1. The zero-order chi connectivity index (χ0) is 34.0. The molecular formula is C33H36N8O5S2. The Kier molecular flexibility index (Phi) is 9.35. The van der Waals surface area contributed by atoms with Gasteiger partial charge < -0.3 is 20.9 Å². The van der Waals surface area contributed by atoms with Crippen LogP contribution in [0.4, 0.5) is 15.6 Å². The first kappa shape index (κ1) is 32.9. The minimum atomic E-state index is -3.47. The molecule has 48 heavy (non-hydrogen) atoms. The monoisotopic (exact) mass is 688 g/mol. The lowest BCUT2D eigenvalue weighted by molar-refractivity contribution is -0.157. The summed E-state index contributed by atoms with van der Waals surface area (Å²) in [5.74, 6) is -0.531. The van der Waals surface area contributed by atoms with Crippen LogP contribution in [0, 0.1) is 0 Å². The summed E-state index contributed by atoms with van der Waals surface area (Å²) in [6, 6.07) is 20.7. The van der Waals surface area contributed by atoms with E-state index in [9.17, 15) is 22.8 Å². The van der Waals surface area contributed by atoms with Crippen LogP contribution in [0.5, 0.6) is 0 Å². The van der Waals surface area contributed by atoms with E-state index in [0.29, 0.717) is 22.9 Å². The number of anilines is 2. The van der Waals surface area contributed by atoms with Crippen LogP contribution in [0.2, 0.25) is 0 Å². The van der Waals surface area contributed by atoms with Crippen molar-refractivity contribution in [2.24, 2.45) is 0 Å². The number of piperazine rings is 1. The van der Waals surface area contributed by atoms with Gasteiger partial charge in [-0.15, -0.1) is 6.58 Å². The van der Waals surface area contributed by atoms with E-state index in [0.717, 1.165) is 27.6 Å². The van der Waals surface area contributed by atoms with Crippen molar-refractivity contribution >= 4 is 60.2 Å². The van der Waals surface area contributed by atoms with Crippen LogP contribution < -0.4 is 15.8 Å². The van der Waals surface area contributed by atoms with E-state index in [4.69, 9.17) is 5.73 Å². The molecule has 0 aliphatic carbocycles. The van der Waals surface area contributed by atoms with Crippen LogP contribution >= 0.6 is 11.3 Å². The van der Waals surface area contributed by atoms with Gasteiger partial charge in [0.1, 0.15) is 12.2 Å². The van der Waals surface area contributed by atoms with Crippen molar-refractivity contribution < 1.29 is 22.8 Å². The number of aromatic nitrogens is 1. The molecule has 0 bridgehead atoms. The molecule has 2 saturated heterocycles. The molecular weight excluding hydrogens is 653 g/mol. The summed E-state index contributed by atoms with van der Waals surface area (Å²) >= 11 is 1.37. The van der Waals surface area contributed by atoms with Crippen molar-refractivity contribution in [1.29, 1.82) is 0 Å². The van der Waals surface area contributed by atoms with Gasteiger partial charge in [0, 0.05) is 25.2 Å². The maximum absolute atomic E-state index is 14.3. The number of nitrogens with one attached hydrogen (secondary N) is 2. The van der Waals surface area contributed by atoms with Crippen LogP contribution in [0.15, 0.2) is 85.5 Å². The molecule has 6 rings (SSSR count). The molecule has 2 atom stereocenters. The van der Waals surface area contributed by atoms with E-state index < -0.39 is 28.3 Å². The van der Waals surface area contributed by atoms with Gasteiger partial charge in [0.05, 0.1) is 36.1 Å². The normalized spacial score (nSPS) is 18.2. The van der Waals surface area contributed by atoms with E-state index >= 15 is 0 Å². The molecule has 0 unspecified atom stereocenters. The number of carbonyl (C=O) groups is 3. The molecule has 4 N–H and O–H groups in total. The molecule has 4 aromatic rings. The summed E-state index contributed by atoms with van der Waals surface area (Å²) in [5.41, 5.74) is 9.59. The highest BCUT2D eigenvalue weighted by Gasteiger charge is 2.52. The lowest BCUT2D eigenvalue weighted by Crippen LogP contribution is -2.66. The molecule has 0 radical (unpaired) electrons. The molecule has 4 amide bonds. The van der Waals surface area contributed by atoms with Gasteiger partial charge in [0.15, 0.2) is 5.13 Å². The summed E-state index contributed by atoms with van der Waals surface area (Å²) in [7, 11) is -3.47. The first-order chi connectivity index (χ1) is 23.0. The number of thiazole rings is 1. The largest absolute Gasteiger partial charge is 0.375 e. The second kappa shape index (κ2) is 13.6. The van der Waals surface area contributed by atoms with Crippen molar-refractivity contribution in [3.8, 4) is 0 Å². The van der Waals surface area contributed by atoms with E-state index in [-0.39, 0.29) is 44.4 Å². The lowest BCUT2D eigenvalue weighted by atomic mass is 9.99. The Bertz CT molecular complexity index is 1950. The molecule has 0 spiro atoms. The first-order valence-corrected chi connectivity index (χ1v) is 18.0. The number of fused-ring (bicyclic) bond motifs is 2. The predicted octanol–water partition coefficient (Wildman–Crippen LogP) is 2.99. The van der Waals surface area contributed by atoms with Gasteiger partial charge >= 0.3 is 6.03 Å². The quantitative estimate of drug-likeness (QED) is 0.203. The predicted molar refractivity (Wildman–Crippen MR) is 185 cm³/mol. The summed E-state index contributed by atoms with van der Waals surface area (Å²) < 4.78 is 26.8. The minimum absolute atomic E-state index is 0.107. The van der Waals surface area contributed by atoms with Gasteiger partial charge in [-0.05, 0) is 34.9 Å². The van der Waals surface area contributed by atoms with Crippen LogP contribution in [-0.4, -0.2) is 89.2 Å². The minimum Gasteiger partial charge on any atom is -0.375 e. The van der Waals surface area contributed by atoms with E-state index in [1.54, 1.807) is 45.2 Å². The number of nitrogens with two attached hydrogens (primary N) is 1. The summed E-state index contributed by atoms with van der Waals surface area (Å²) in [5, 5.41) is 6.55. The van der Waals surface area contributed by atoms with Crippen LogP contribution in [0.25, 0.3) is 10.2 Å². The average Bonchev–Trinajstić information content (AvgIpc) is 3.60. The highest BCUT2D eigenvalue weighted by atomic mass is 32.2. The molecule has 1 aromatic heterocycles. The Morgan fingerprint density at radius 1 is 1.08 bits per heavy atom. The van der Waals surface area contributed by atoms with Gasteiger partial charge in [-0.3, -0.25) is 19.3 Å². The smallest absolute Gasteiger partial charge is 0.332 e. The number of amides is 4. The maximum atomic E-state index is 14.3. The molecule has 13 nitrogen and oxygen atoms in total. The molecule has 0 saturated carbocycles. The molecule has 2 aliphatic heterocycles. The van der Waals surface area contributed by atoms with E-state index in [1.807, 2.05) is 48.5 Å². The molecule has 2 fully saturated rings. The second-order valence-electron chi connectivity index (χ2n) is 11.7. The van der Waals surface area contributed by atoms with Crippen LogP contribution in [-0.2, 0) is 39.1 Å². The number of sulfonamides is 1. The number of urea groups is 1. The molecule has 3 heterocycles. The number of carbonyl (C=O) groups excluding carboxylic acids is 3. The fourth-order valence-corrected chi connectivity index (χ4v) is 7.53. The van der Waals surface area contributed by atoms with Crippen LogP contribution in [0.3, 0.4) is 0 Å². The fourth-order valence-electron chi connectivity index (χ4n) is 6.18. The highest BCUT2D eigenvalue weighted by molar-refractivity contribution is 7.92. The number of hydrogen-bond acceptors (Lipinski definition) is 9. The molecule has 2 aliphatic rings. The Labute approximate surface area is 282 Å². The summed E-state index contributed by atoms with van der Waals surface area (Å²) in [4.78, 5) is 49.4. The van der Waals surface area contributed by atoms with Crippen molar-refractivity contribution in [2.45, 2.75) is 31.7 Å². The SMILES string of the molecule is C=CCN(C(=O)NCc1ccccc1)N1CC(=O)N2[C@@H](Cc3ccc(NS(C)(=O)=O)cc3)C(=O)N(Cc3cccc4sc(N)nc34)C[C@@H]21. The lowest BCUT2D eigenvalue weighted by Gasteiger charge is -2.46. The fraction of sp³-hybridized carbons (Fsp3) is 0.273. The van der Waals surface area contributed by atoms with Crippen molar-refractivity contribution in [3.05, 3.63) is 102 Å². The first-order valence-electron chi connectivity index (χ1n) is 15.3. The van der Waals surface area contributed by atoms with Crippen LogP contribution in [0.1, 0.15) is 16.7 Å². The van der Waals surface area contributed by atoms with Gasteiger partial charge in [-0.1, -0.05) is 72.0 Å². The Morgan fingerprint density at radius 3 is 2.54 bits per heavy atom. The summed E-state index contributed by atoms with van der Waals surface area (Å²) in [6.07, 6.45) is 2.20. The second-order valence-corrected chi connectivity index (χ2v) is 14.5. The highest BCUT2D eigenvalue weighted by Crippen LogP contribution is 2.32. The molecule has 3 aromatic carbocycles. The van der Waals surface area contributed by atoms with Crippen molar-refractivity contribution in [2.75, 3.05) is 36.3 Å². The zero-order valence-corrected chi connectivity index (χ0v) is 27.9. The standard InChI is InChI=1S/C33H36N8O5S2/c1-3-16-39(33(44)35-18-23-8-5-4-6-9-23)40-21-29(42)41-26(17-22-12-14-25(15-13-22)37-48(2,45)46)31(43)38(20-28(40)41)19-24-10-7-11-27-30(24)36-32(34)47-27/h3-15,26,28,37H,1,16-21H2,2H3,(H2,34,36)(H,35,44)/t26-,28+/m0/s1. The number of para-hydroxylation sites is 1. The molecule has 250 valence electrons. The zero-order valence-electron chi connectivity index (χ0n) is 26.3. The number of hydrazine groups is 1.